The maximum atomic E-state index is 11.4. The summed E-state index contributed by atoms with van der Waals surface area (Å²) in [5, 5.41) is 11.4. The number of aliphatic hydroxyl groups is 1. The molecule has 4 nitrogen and oxygen atoms in total. The molecule has 26 heavy (non-hydrogen) atoms. The molecule has 0 bridgehead atoms. The molecular weight excluding hydrogens is 324 g/mol. The van der Waals surface area contributed by atoms with Crippen molar-refractivity contribution >= 4 is 0 Å². The molecule has 0 amide bonds. The van der Waals surface area contributed by atoms with Crippen molar-refractivity contribution in [1.82, 2.24) is 9.88 Å². The van der Waals surface area contributed by atoms with E-state index >= 15 is 0 Å². The average molecular weight is 352 g/mol. The highest BCUT2D eigenvalue weighted by Gasteiger charge is 2.53. The zero-order valence-corrected chi connectivity index (χ0v) is 15.9. The number of hydrogen-bond acceptors (Lipinski definition) is 4. The summed E-state index contributed by atoms with van der Waals surface area (Å²) < 4.78 is 5.54. The number of nitrogens with zero attached hydrogens (tertiary/aromatic N) is 2. The number of pyridine rings is 1. The van der Waals surface area contributed by atoms with Crippen LogP contribution in [0.15, 0.2) is 36.5 Å². The van der Waals surface area contributed by atoms with Gasteiger partial charge < -0.3 is 9.84 Å². The third kappa shape index (κ3) is 3.01. The Bertz CT molecular complexity index is 789. The molecule has 2 aliphatic rings. The third-order valence-corrected chi connectivity index (χ3v) is 6.21. The second kappa shape index (κ2) is 6.67. The molecule has 3 atom stereocenters. The third-order valence-electron chi connectivity index (χ3n) is 6.21. The van der Waals surface area contributed by atoms with E-state index in [4.69, 9.17) is 4.74 Å². The predicted octanol–water partition coefficient (Wildman–Crippen LogP) is 3.44. The van der Waals surface area contributed by atoms with Crippen LogP contribution < -0.4 is 4.74 Å². The Morgan fingerprint density at radius 2 is 2.00 bits per heavy atom. The van der Waals surface area contributed by atoms with Gasteiger partial charge in [-0.3, -0.25) is 9.88 Å². The number of methoxy groups -OCH3 is 1. The van der Waals surface area contributed by atoms with Crippen molar-refractivity contribution < 1.29 is 9.84 Å². The Labute approximate surface area is 155 Å². The van der Waals surface area contributed by atoms with Crippen molar-refractivity contribution in [2.75, 3.05) is 20.2 Å². The van der Waals surface area contributed by atoms with Crippen molar-refractivity contribution in [1.29, 1.82) is 0 Å². The molecule has 1 aliphatic carbocycles. The number of hydrogen-bond donors (Lipinski definition) is 1. The number of ether oxygens (including phenoxy) is 1. The van der Waals surface area contributed by atoms with Gasteiger partial charge in [-0.25, -0.2) is 0 Å². The van der Waals surface area contributed by atoms with E-state index in [2.05, 4.69) is 35.0 Å². The summed E-state index contributed by atoms with van der Waals surface area (Å²) in [5.74, 6) is 1.75. The summed E-state index contributed by atoms with van der Waals surface area (Å²) in [6, 6.07) is 10.4. The van der Waals surface area contributed by atoms with Gasteiger partial charge >= 0.3 is 0 Å². The van der Waals surface area contributed by atoms with Gasteiger partial charge in [0.15, 0.2) is 0 Å². The number of fused-ring (bicyclic) bond motifs is 1. The van der Waals surface area contributed by atoms with Crippen LogP contribution in [0.5, 0.6) is 5.75 Å². The summed E-state index contributed by atoms with van der Waals surface area (Å²) in [7, 11) is 1.73. The van der Waals surface area contributed by atoms with E-state index in [1.54, 1.807) is 7.11 Å². The minimum atomic E-state index is -0.788. The van der Waals surface area contributed by atoms with E-state index in [1.165, 1.54) is 11.1 Å². The van der Waals surface area contributed by atoms with Gasteiger partial charge in [-0.1, -0.05) is 23.8 Å². The minimum absolute atomic E-state index is 0.258. The highest BCUT2D eigenvalue weighted by molar-refractivity contribution is 5.37. The SMILES string of the molecule is COc1ccc(C)cc1CN1C[C@@H]2CC[C@@](O)(c3ccc(C)cn3)[C@@H]2C1. The van der Waals surface area contributed by atoms with Crippen LogP contribution in [-0.4, -0.2) is 35.2 Å². The number of likely N-dealkylation sites (tertiary alicyclic amines) is 1. The molecule has 0 radical (unpaired) electrons. The van der Waals surface area contributed by atoms with Gasteiger partial charge in [0.25, 0.3) is 0 Å². The summed E-state index contributed by atoms with van der Waals surface area (Å²) in [4.78, 5) is 7.02. The molecular formula is C22H28N2O2. The molecule has 138 valence electrons. The average Bonchev–Trinajstić information content (AvgIpc) is 3.16. The normalized spacial score (nSPS) is 28.3. The number of rotatable bonds is 4. The maximum Gasteiger partial charge on any atom is 0.123 e. The molecule has 0 spiro atoms. The van der Waals surface area contributed by atoms with Gasteiger partial charge in [-0.05, 0) is 50.3 Å². The lowest BCUT2D eigenvalue weighted by Gasteiger charge is -2.30. The predicted molar refractivity (Wildman–Crippen MR) is 102 cm³/mol. The van der Waals surface area contributed by atoms with Crippen molar-refractivity contribution in [3.63, 3.8) is 0 Å². The number of aryl methyl sites for hydroxylation is 2. The second-order valence-electron chi connectivity index (χ2n) is 8.06. The fraction of sp³-hybridized carbons (Fsp3) is 0.500. The first-order chi connectivity index (χ1) is 12.5. The number of benzene rings is 1. The topological polar surface area (TPSA) is 45.6 Å². The fourth-order valence-corrected chi connectivity index (χ4v) is 4.83. The van der Waals surface area contributed by atoms with Crippen LogP contribution in [0.25, 0.3) is 0 Å². The molecule has 1 saturated carbocycles. The van der Waals surface area contributed by atoms with Crippen LogP contribution >= 0.6 is 0 Å². The van der Waals surface area contributed by atoms with E-state index in [0.29, 0.717) is 5.92 Å². The molecule has 1 saturated heterocycles. The maximum absolute atomic E-state index is 11.4. The van der Waals surface area contributed by atoms with Crippen molar-refractivity contribution in [3.05, 3.63) is 58.9 Å². The highest BCUT2D eigenvalue weighted by atomic mass is 16.5. The Morgan fingerprint density at radius 1 is 1.19 bits per heavy atom. The van der Waals surface area contributed by atoms with Crippen molar-refractivity contribution in [3.8, 4) is 5.75 Å². The molecule has 4 rings (SSSR count). The lowest BCUT2D eigenvalue weighted by molar-refractivity contribution is -0.0108. The minimum Gasteiger partial charge on any atom is -0.496 e. The standard InChI is InChI=1S/C22H28N2O2/c1-15-4-6-20(26-3)18(10-15)13-24-12-17-8-9-22(25,19(17)14-24)21-7-5-16(2)11-23-21/h4-7,10-11,17,19,25H,8-9,12-14H2,1-3H3/t17-,19+,22-/m0/s1. The van der Waals surface area contributed by atoms with Crippen LogP contribution in [-0.2, 0) is 12.1 Å². The molecule has 2 aromatic rings. The molecule has 1 aromatic carbocycles. The zero-order valence-electron chi connectivity index (χ0n) is 15.9. The Morgan fingerprint density at radius 3 is 2.73 bits per heavy atom. The largest absolute Gasteiger partial charge is 0.496 e. The summed E-state index contributed by atoms with van der Waals surface area (Å²) in [5.41, 5.74) is 3.66. The summed E-state index contributed by atoms with van der Waals surface area (Å²) in [6.45, 7) is 6.97. The first-order valence-corrected chi connectivity index (χ1v) is 9.51. The van der Waals surface area contributed by atoms with Gasteiger partial charge in [0.05, 0.1) is 12.8 Å². The first kappa shape index (κ1) is 17.5. The monoisotopic (exact) mass is 352 g/mol. The summed E-state index contributed by atoms with van der Waals surface area (Å²) in [6.07, 6.45) is 3.75. The fourth-order valence-electron chi connectivity index (χ4n) is 4.83. The molecule has 0 unspecified atom stereocenters. The lowest BCUT2D eigenvalue weighted by atomic mass is 9.85. The van der Waals surface area contributed by atoms with Gasteiger partial charge in [-0.15, -0.1) is 0 Å². The van der Waals surface area contributed by atoms with Gasteiger partial charge in [-0.2, -0.15) is 0 Å². The van der Waals surface area contributed by atoms with E-state index in [1.807, 2.05) is 25.3 Å². The Balaban J connectivity index is 1.53. The highest BCUT2D eigenvalue weighted by Crippen LogP contribution is 2.50. The Hall–Kier alpha value is -1.91. The van der Waals surface area contributed by atoms with Crippen LogP contribution in [0.1, 0.15) is 35.2 Å². The zero-order chi connectivity index (χ0) is 18.3. The van der Waals surface area contributed by atoms with Gasteiger partial charge in [0.2, 0.25) is 0 Å². The molecule has 1 aromatic heterocycles. The van der Waals surface area contributed by atoms with Crippen LogP contribution in [0.3, 0.4) is 0 Å². The van der Waals surface area contributed by atoms with Crippen LogP contribution in [0.2, 0.25) is 0 Å². The molecule has 2 fully saturated rings. The van der Waals surface area contributed by atoms with Gasteiger partial charge in [0, 0.05) is 37.3 Å². The van der Waals surface area contributed by atoms with E-state index in [9.17, 15) is 5.11 Å². The molecule has 4 heteroatoms. The molecule has 1 N–H and O–H groups in total. The molecule has 2 heterocycles. The molecule has 1 aliphatic heterocycles. The first-order valence-electron chi connectivity index (χ1n) is 9.51. The van der Waals surface area contributed by atoms with Crippen LogP contribution in [0, 0.1) is 25.7 Å². The van der Waals surface area contributed by atoms with E-state index < -0.39 is 5.60 Å². The van der Waals surface area contributed by atoms with E-state index in [0.717, 1.165) is 49.5 Å². The quantitative estimate of drug-likeness (QED) is 0.916. The second-order valence-corrected chi connectivity index (χ2v) is 8.06. The number of aromatic nitrogens is 1. The van der Waals surface area contributed by atoms with Crippen molar-refractivity contribution in [2.45, 2.75) is 38.8 Å². The van der Waals surface area contributed by atoms with Crippen molar-refractivity contribution in [2.24, 2.45) is 11.8 Å². The lowest BCUT2D eigenvalue weighted by Crippen LogP contribution is -2.35. The Kier molecular flexibility index (Phi) is 4.49. The van der Waals surface area contributed by atoms with Gasteiger partial charge in [0.1, 0.15) is 11.4 Å². The smallest absolute Gasteiger partial charge is 0.123 e. The van der Waals surface area contributed by atoms with E-state index in [-0.39, 0.29) is 5.92 Å². The summed E-state index contributed by atoms with van der Waals surface area (Å²) >= 11 is 0. The van der Waals surface area contributed by atoms with Crippen LogP contribution in [0.4, 0.5) is 0 Å².